The lowest BCUT2D eigenvalue weighted by Gasteiger charge is -2.27. The van der Waals surface area contributed by atoms with E-state index in [4.69, 9.17) is 18.9 Å². The second-order valence-electron chi connectivity index (χ2n) is 6.75. The number of ether oxygens (including phenoxy) is 4. The quantitative estimate of drug-likeness (QED) is 0.577. The molecule has 28 heavy (non-hydrogen) atoms. The Hall–Kier alpha value is -2.32. The van der Waals surface area contributed by atoms with Crippen LogP contribution in [0.5, 0.6) is 11.5 Å². The van der Waals surface area contributed by atoms with Crippen molar-refractivity contribution in [1.82, 2.24) is 10.6 Å². The fourth-order valence-electron chi connectivity index (χ4n) is 3.36. The molecule has 1 heterocycles. The predicted molar refractivity (Wildman–Crippen MR) is 103 cm³/mol. The standard InChI is InChI=1S/C20H30N2O6/c1-13(19(27-4)16-6-5-9-21-16)20(24)22-11-18(23)28-12-14-7-8-15(25-2)10-17(14)26-3/h7-8,10,13,16,19,21H,5-6,9,11-12H2,1-4H3,(H,22,24). The molecular weight excluding hydrogens is 364 g/mol. The zero-order valence-electron chi connectivity index (χ0n) is 16.9. The van der Waals surface area contributed by atoms with Gasteiger partial charge in [-0.2, -0.15) is 0 Å². The molecule has 1 aliphatic rings. The summed E-state index contributed by atoms with van der Waals surface area (Å²) in [5, 5.41) is 5.98. The second-order valence-corrected chi connectivity index (χ2v) is 6.75. The number of hydrogen-bond donors (Lipinski definition) is 2. The van der Waals surface area contributed by atoms with Crippen LogP contribution in [0.2, 0.25) is 0 Å². The lowest BCUT2D eigenvalue weighted by Crippen LogP contribution is -2.47. The largest absolute Gasteiger partial charge is 0.497 e. The van der Waals surface area contributed by atoms with Gasteiger partial charge in [-0.3, -0.25) is 9.59 Å². The van der Waals surface area contributed by atoms with Crippen molar-refractivity contribution in [2.75, 3.05) is 34.4 Å². The van der Waals surface area contributed by atoms with E-state index in [-0.39, 0.29) is 37.1 Å². The minimum Gasteiger partial charge on any atom is -0.497 e. The Morgan fingerprint density at radius 3 is 2.64 bits per heavy atom. The monoisotopic (exact) mass is 394 g/mol. The molecule has 1 saturated heterocycles. The third-order valence-corrected chi connectivity index (χ3v) is 4.96. The molecule has 2 N–H and O–H groups in total. The summed E-state index contributed by atoms with van der Waals surface area (Å²) >= 11 is 0. The van der Waals surface area contributed by atoms with Crippen molar-refractivity contribution in [3.8, 4) is 11.5 Å². The number of benzene rings is 1. The highest BCUT2D eigenvalue weighted by Gasteiger charge is 2.33. The van der Waals surface area contributed by atoms with E-state index in [9.17, 15) is 9.59 Å². The summed E-state index contributed by atoms with van der Waals surface area (Å²) in [6.07, 6.45) is 1.81. The first kappa shape index (κ1) is 22.0. The summed E-state index contributed by atoms with van der Waals surface area (Å²) in [6, 6.07) is 5.40. The van der Waals surface area contributed by atoms with E-state index in [2.05, 4.69) is 10.6 Å². The molecule has 3 unspecified atom stereocenters. The van der Waals surface area contributed by atoms with E-state index in [0.717, 1.165) is 19.4 Å². The van der Waals surface area contributed by atoms with Crippen LogP contribution >= 0.6 is 0 Å². The summed E-state index contributed by atoms with van der Waals surface area (Å²) in [6.45, 7) is 2.58. The van der Waals surface area contributed by atoms with E-state index in [1.54, 1.807) is 39.3 Å². The first-order valence-corrected chi connectivity index (χ1v) is 9.40. The number of methoxy groups -OCH3 is 3. The Labute approximate surface area is 165 Å². The maximum absolute atomic E-state index is 12.4. The van der Waals surface area contributed by atoms with Crippen molar-refractivity contribution >= 4 is 11.9 Å². The molecule has 0 bridgehead atoms. The van der Waals surface area contributed by atoms with Crippen molar-refractivity contribution in [3.05, 3.63) is 23.8 Å². The highest BCUT2D eigenvalue weighted by molar-refractivity contribution is 5.83. The van der Waals surface area contributed by atoms with Gasteiger partial charge in [0.25, 0.3) is 0 Å². The molecule has 1 fully saturated rings. The van der Waals surface area contributed by atoms with Gasteiger partial charge < -0.3 is 29.6 Å². The van der Waals surface area contributed by atoms with Crippen LogP contribution in [0.3, 0.4) is 0 Å². The van der Waals surface area contributed by atoms with Gasteiger partial charge in [-0.05, 0) is 31.5 Å². The molecule has 8 heteroatoms. The summed E-state index contributed by atoms with van der Waals surface area (Å²) in [4.78, 5) is 24.4. The molecule has 2 rings (SSSR count). The van der Waals surface area contributed by atoms with Crippen LogP contribution in [0, 0.1) is 5.92 Å². The third kappa shape index (κ3) is 5.84. The summed E-state index contributed by atoms with van der Waals surface area (Å²) < 4.78 is 21.2. The minimum absolute atomic E-state index is 0.0457. The maximum atomic E-state index is 12.4. The summed E-state index contributed by atoms with van der Waals surface area (Å²) in [5.41, 5.74) is 0.711. The number of amides is 1. The number of hydrogen-bond acceptors (Lipinski definition) is 7. The van der Waals surface area contributed by atoms with E-state index < -0.39 is 5.97 Å². The van der Waals surface area contributed by atoms with Crippen LogP contribution in [0.1, 0.15) is 25.3 Å². The Bertz CT molecular complexity index is 660. The number of esters is 1. The van der Waals surface area contributed by atoms with Gasteiger partial charge >= 0.3 is 5.97 Å². The van der Waals surface area contributed by atoms with Gasteiger partial charge in [-0.1, -0.05) is 6.92 Å². The van der Waals surface area contributed by atoms with Crippen molar-refractivity contribution < 1.29 is 28.5 Å². The highest BCUT2D eigenvalue weighted by atomic mass is 16.5. The normalized spacial score (nSPS) is 18.2. The third-order valence-electron chi connectivity index (χ3n) is 4.96. The average Bonchev–Trinajstić information content (AvgIpc) is 3.25. The fraction of sp³-hybridized carbons (Fsp3) is 0.600. The molecule has 1 aliphatic heterocycles. The van der Waals surface area contributed by atoms with Crippen molar-refractivity contribution in [3.63, 3.8) is 0 Å². The molecule has 0 aromatic heterocycles. The molecule has 0 spiro atoms. The molecule has 0 saturated carbocycles. The van der Waals surface area contributed by atoms with E-state index in [1.165, 1.54) is 7.11 Å². The number of carbonyl (C=O) groups excluding carboxylic acids is 2. The van der Waals surface area contributed by atoms with Gasteiger partial charge in [0.1, 0.15) is 24.7 Å². The molecule has 1 aromatic carbocycles. The second kappa shape index (κ2) is 10.9. The molecule has 1 amide bonds. The topological polar surface area (TPSA) is 95.1 Å². The van der Waals surface area contributed by atoms with Crippen LogP contribution in [0.4, 0.5) is 0 Å². The highest BCUT2D eigenvalue weighted by Crippen LogP contribution is 2.25. The average molecular weight is 394 g/mol. The SMILES string of the molecule is COc1ccc(COC(=O)CNC(=O)C(C)C(OC)C2CCCN2)c(OC)c1. The van der Waals surface area contributed by atoms with Gasteiger partial charge in [-0.15, -0.1) is 0 Å². The molecule has 1 aromatic rings. The predicted octanol–water partition coefficient (Wildman–Crippen LogP) is 1.27. The van der Waals surface area contributed by atoms with E-state index in [1.807, 2.05) is 0 Å². The molecule has 3 atom stereocenters. The number of rotatable bonds is 10. The van der Waals surface area contributed by atoms with Crippen molar-refractivity contribution in [2.45, 2.75) is 38.5 Å². The fourth-order valence-corrected chi connectivity index (χ4v) is 3.36. The van der Waals surface area contributed by atoms with Gasteiger partial charge in [0.05, 0.1) is 26.2 Å². The van der Waals surface area contributed by atoms with E-state index >= 15 is 0 Å². The number of carbonyl (C=O) groups is 2. The molecule has 8 nitrogen and oxygen atoms in total. The first-order chi connectivity index (χ1) is 13.5. The van der Waals surface area contributed by atoms with Gasteiger partial charge in [-0.25, -0.2) is 0 Å². The minimum atomic E-state index is -0.522. The lowest BCUT2D eigenvalue weighted by molar-refractivity contribution is -0.146. The van der Waals surface area contributed by atoms with Gasteiger partial charge in [0.2, 0.25) is 5.91 Å². The van der Waals surface area contributed by atoms with Gasteiger partial charge in [0.15, 0.2) is 0 Å². The van der Waals surface area contributed by atoms with Crippen LogP contribution in [0.25, 0.3) is 0 Å². The molecular formula is C20H30N2O6. The van der Waals surface area contributed by atoms with Crippen LogP contribution in [-0.2, 0) is 25.7 Å². The first-order valence-electron chi connectivity index (χ1n) is 9.40. The lowest BCUT2D eigenvalue weighted by atomic mass is 9.95. The van der Waals surface area contributed by atoms with E-state index in [0.29, 0.717) is 17.1 Å². The van der Waals surface area contributed by atoms with Crippen molar-refractivity contribution in [1.29, 1.82) is 0 Å². The van der Waals surface area contributed by atoms with Crippen molar-refractivity contribution in [2.24, 2.45) is 5.92 Å². The Morgan fingerprint density at radius 2 is 2.04 bits per heavy atom. The summed E-state index contributed by atoms with van der Waals surface area (Å²) in [7, 11) is 4.70. The Balaban J connectivity index is 1.80. The molecule has 0 aliphatic carbocycles. The Morgan fingerprint density at radius 1 is 1.25 bits per heavy atom. The zero-order chi connectivity index (χ0) is 20.5. The zero-order valence-corrected chi connectivity index (χ0v) is 16.9. The van der Waals surface area contributed by atoms with Gasteiger partial charge in [0, 0.05) is 24.8 Å². The summed E-state index contributed by atoms with van der Waals surface area (Å²) in [5.74, 6) is 0.0791. The number of nitrogens with one attached hydrogen (secondary N) is 2. The molecule has 156 valence electrons. The van der Waals surface area contributed by atoms with Crippen LogP contribution in [-0.4, -0.2) is 58.4 Å². The van der Waals surface area contributed by atoms with Crippen LogP contribution in [0.15, 0.2) is 18.2 Å². The maximum Gasteiger partial charge on any atom is 0.325 e. The molecule has 0 radical (unpaired) electrons. The Kier molecular flexibility index (Phi) is 8.53. The van der Waals surface area contributed by atoms with Crippen LogP contribution < -0.4 is 20.1 Å². The smallest absolute Gasteiger partial charge is 0.325 e.